The molecule has 7 heteroatoms. The zero-order chi connectivity index (χ0) is 21.3. The summed E-state index contributed by atoms with van der Waals surface area (Å²) in [5.41, 5.74) is 10.7. The third-order valence-corrected chi connectivity index (χ3v) is 5.06. The second-order valence-electron chi connectivity index (χ2n) is 7.03. The molecule has 0 fully saturated rings. The molecule has 2 heterocycles. The summed E-state index contributed by atoms with van der Waals surface area (Å²) in [4.78, 5) is 16.1. The van der Waals surface area contributed by atoms with E-state index in [1.54, 1.807) is 12.1 Å². The van der Waals surface area contributed by atoms with Crippen molar-refractivity contribution in [3.63, 3.8) is 0 Å². The van der Waals surface area contributed by atoms with E-state index in [1.165, 1.54) is 0 Å². The summed E-state index contributed by atoms with van der Waals surface area (Å²) in [6.07, 6.45) is 1.95. The van der Waals surface area contributed by atoms with Crippen LogP contribution in [0.1, 0.15) is 11.1 Å². The highest BCUT2D eigenvalue weighted by Crippen LogP contribution is 2.38. The highest BCUT2D eigenvalue weighted by Gasteiger charge is 2.19. The number of anilines is 2. The fraction of sp³-hybridized carbons (Fsp3) is 0.130. The second kappa shape index (κ2) is 8.08. The molecule has 2 aromatic carbocycles. The molecule has 6 nitrogen and oxygen atoms in total. The van der Waals surface area contributed by atoms with Crippen LogP contribution in [0.5, 0.6) is 5.75 Å². The number of aromatic nitrogens is 2. The Labute approximate surface area is 179 Å². The number of fused-ring (bicyclic) bond motifs is 1. The smallest absolute Gasteiger partial charge is 0.255 e. The summed E-state index contributed by atoms with van der Waals surface area (Å²) in [6.45, 7) is 3.87. The summed E-state index contributed by atoms with van der Waals surface area (Å²) in [6, 6.07) is 17.2. The van der Waals surface area contributed by atoms with Gasteiger partial charge in [-0.25, -0.2) is 4.98 Å². The first-order valence-corrected chi connectivity index (χ1v) is 9.83. The van der Waals surface area contributed by atoms with Crippen molar-refractivity contribution in [3.05, 3.63) is 76.9 Å². The lowest BCUT2D eigenvalue weighted by atomic mass is 10.1. The third-order valence-electron chi connectivity index (χ3n) is 4.82. The van der Waals surface area contributed by atoms with Crippen molar-refractivity contribution in [1.82, 2.24) is 9.38 Å². The quantitative estimate of drug-likeness (QED) is 0.465. The molecule has 0 spiro atoms. The molecule has 0 radical (unpaired) electrons. The lowest BCUT2D eigenvalue weighted by molar-refractivity contribution is -0.119. The van der Waals surface area contributed by atoms with E-state index in [9.17, 15) is 4.79 Å². The largest absolute Gasteiger partial charge is 0.483 e. The van der Waals surface area contributed by atoms with Crippen LogP contribution in [0.15, 0.2) is 60.8 Å². The molecule has 0 aliphatic carbocycles. The summed E-state index contributed by atoms with van der Waals surface area (Å²) in [5, 5.41) is 4.05. The molecule has 4 aromatic rings. The van der Waals surface area contributed by atoms with Gasteiger partial charge in [-0.1, -0.05) is 35.9 Å². The number of carbonyl (C=O) groups excluding carboxylic acids is 1. The Morgan fingerprint density at radius 3 is 2.63 bits per heavy atom. The molecule has 3 N–H and O–H groups in total. The van der Waals surface area contributed by atoms with Gasteiger partial charge in [0.15, 0.2) is 6.61 Å². The number of ether oxygens (including phenoxy) is 1. The number of hydrogen-bond acceptors (Lipinski definition) is 4. The lowest BCUT2D eigenvalue weighted by Crippen LogP contribution is -2.20. The fourth-order valence-corrected chi connectivity index (χ4v) is 3.56. The Hall–Kier alpha value is -3.51. The molecule has 2 aromatic heterocycles. The number of hydrogen-bond donors (Lipinski definition) is 2. The predicted molar refractivity (Wildman–Crippen MR) is 120 cm³/mol. The second-order valence-corrected chi connectivity index (χ2v) is 7.46. The molecule has 1 amide bonds. The van der Waals surface area contributed by atoms with Crippen molar-refractivity contribution in [3.8, 4) is 17.0 Å². The molecule has 0 aliphatic rings. The van der Waals surface area contributed by atoms with Gasteiger partial charge in [0.05, 0.1) is 0 Å². The molecule has 0 bridgehead atoms. The molecule has 152 valence electrons. The van der Waals surface area contributed by atoms with Crippen LogP contribution in [0.2, 0.25) is 5.02 Å². The SMILES string of the molecule is Cc1cccc(C)c1Nc1c(-c2ccc(Cl)cc2OCC(N)=O)nc2ccccn12. The Balaban J connectivity index is 1.90. The van der Waals surface area contributed by atoms with Gasteiger partial charge in [-0.05, 0) is 55.3 Å². The normalized spacial score (nSPS) is 10.9. The summed E-state index contributed by atoms with van der Waals surface area (Å²) in [7, 11) is 0. The molecular weight excluding hydrogens is 400 g/mol. The maximum atomic E-state index is 11.3. The van der Waals surface area contributed by atoms with Crippen LogP contribution in [0.25, 0.3) is 16.9 Å². The van der Waals surface area contributed by atoms with Crippen LogP contribution >= 0.6 is 11.6 Å². The highest BCUT2D eigenvalue weighted by atomic mass is 35.5. The van der Waals surface area contributed by atoms with E-state index in [0.717, 1.165) is 28.3 Å². The van der Waals surface area contributed by atoms with Gasteiger partial charge in [-0.2, -0.15) is 0 Å². The lowest BCUT2D eigenvalue weighted by Gasteiger charge is -2.15. The number of pyridine rings is 1. The predicted octanol–water partition coefficient (Wildman–Crippen LogP) is 4.88. The first-order valence-electron chi connectivity index (χ1n) is 9.45. The first kappa shape index (κ1) is 19.8. The molecule has 0 atom stereocenters. The van der Waals surface area contributed by atoms with Gasteiger partial charge in [-0.15, -0.1) is 0 Å². The van der Waals surface area contributed by atoms with E-state index in [-0.39, 0.29) is 6.61 Å². The Kier molecular flexibility index (Phi) is 5.33. The van der Waals surface area contributed by atoms with E-state index in [0.29, 0.717) is 22.0 Å². The number of aryl methyl sites for hydroxylation is 2. The van der Waals surface area contributed by atoms with E-state index in [1.807, 2.05) is 40.9 Å². The highest BCUT2D eigenvalue weighted by molar-refractivity contribution is 6.30. The standard InChI is InChI=1S/C23H21ClN4O2/c1-14-6-5-7-15(2)21(14)27-23-22(26-20-8-3-4-11-28(20)23)17-10-9-16(24)12-18(17)30-13-19(25)29/h3-12,27H,13H2,1-2H3,(H2,25,29). The van der Waals surface area contributed by atoms with Gasteiger partial charge in [0.25, 0.3) is 5.91 Å². The topological polar surface area (TPSA) is 81.6 Å². The number of rotatable bonds is 6. The molecule has 4 rings (SSSR count). The minimum absolute atomic E-state index is 0.250. The van der Waals surface area contributed by atoms with Crippen molar-refractivity contribution >= 4 is 34.7 Å². The molecule has 30 heavy (non-hydrogen) atoms. The van der Waals surface area contributed by atoms with Gasteiger partial charge in [0, 0.05) is 22.5 Å². The summed E-state index contributed by atoms with van der Waals surface area (Å²) < 4.78 is 7.63. The van der Waals surface area contributed by atoms with Crippen molar-refractivity contribution in [1.29, 1.82) is 0 Å². The zero-order valence-corrected chi connectivity index (χ0v) is 17.4. The number of amides is 1. The van der Waals surface area contributed by atoms with Crippen LogP contribution in [0.4, 0.5) is 11.5 Å². The molecule has 0 unspecified atom stereocenters. The molecule has 0 saturated carbocycles. The Bertz CT molecular complexity index is 1230. The average Bonchev–Trinajstić information content (AvgIpc) is 3.07. The van der Waals surface area contributed by atoms with Gasteiger partial charge in [0.2, 0.25) is 0 Å². The number of imidazole rings is 1. The van der Waals surface area contributed by atoms with Gasteiger partial charge in [0.1, 0.15) is 22.9 Å². The molecule has 0 aliphatic heterocycles. The average molecular weight is 421 g/mol. The first-order chi connectivity index (χ1) is 14.4. The Morgan fingerprint density at radius 1 is 1.13 bits per heavy atom. The number of carbonyl (C=O) groups is 1. The zero-order valence-electron chi connectivity index (χ0n) is 16.6. The number of nitrogens with one attached hydrogen (secondary N) is 1. The number of para-hydroxylation sites is 1. The fourth-order valence-electron chi connectivity index (χ4n) is 3.39. The van der Waals surface area contributed by atoms with Crippen LogP contribution in [0, 0.1) is 13.8 Å². The van der Waals surface area contributed by atoms with Crippen molar-refractivity contribution in [2.45, 2.75) is 13.8 Å². The van der Waals surface area contributed by atoms with Gasteiger partial charge in [-0.3, -0.25) is 9.20 Å². The monoisotopic (exact) mass is 420 g/mol. The van der Waals surface area contributed by atoms with Crippen LogP contribution in [0.3, 0.4) is 0 Å². The van der Waals surface area contributed by atoms with E-state index >= 15 is 0 Å². The third kappa shape index (κ3) is 3.82. The summed E-state index contributed by atoms with van der Waals surface area (Å²) >= 11 is 6.17. The van der Waals surface area contributed by atoms with Crippen LogP contribution in [-0.4, -0.2) is 21.9 Å². The number of benzene rings is 2. The van der Waals surface area contributed by atoms with Crippen LogP contribution < -0.4 is 15.8 Å². The Morgan fingerprint density at radius 2 is 1.90 bits per heavy atom. The minimum atomic E-state index is -0.565. The molecular formula is C23H21ClN4O2. The maximum Gasteiger partial charge on any atom is 0.255 e. The number of primary amides is 1. The number of nitrogens with two attached hydrogens (primary N) is 1. The van der Waals surface area contributed by atoms with Gasteiger partial charge < -0.3 is 15.8 Å². The van der Waals surface area contributed by atoms with E-state index in [4.69, 9.17) is 27.1 Å². The van der Waals surface area contributed by atoms with Crippen LogP contribution in [-0.2, 0) is 4.79 Å². The van der Waals surface area contributed by atoms with E-state index in [2.05, 4.69) is 31.3 Å². The number of halogens is 1. The van der Waals surface area contributed by atoms with Crippen molar-refractivity contribution < 1.29 is 9.53 Å². The maximum absolute atomic E-state index is 11.3. The minimum Gasteiger partial charge on any atom is -0.483 e. The van der Waals surface area contributed by atoms with Crippen molar-refractivity contribution in [2.75, 3.05) is 11.9 Å². The van der Waals surface area contributed by atoms with E-state index < -0.39 is 5.91 Å². The van der Waals surface area contributed by atoms with Gasteiger partial charge >= 0.3 is 0 Å². The summed E-state index contributed by atoms with van der Waals surface area (Å²) in [5.74, 6) is 0.660. The number of nitrogens with zero attached hydrogens (tertiary/aromatic N) is 2. The van der Waals surface area contributed by atoms with Crippen molar-refractivity contribution in [2.24, 2.45) is 5.73 Å². The molecule has 0 saturated heterocycles.